The van der Waals surface area contributed by atoms with E-state index in [4.69, 9.17) is 4.74 Å². The van der Waals surface area contributed by atoms with Crippen molar-refractivity contribution in [3.8, 4) is 28.3 Å². The van der Waals surface area contributed by atoms with Gasteiger partial charge < -0.3 is 10.1 Å². The smallest absolute Gasteiger partial charge is 0.166 e. The average Bonchev–Trinajstić information content (AvgIpc) is 2.74. The normalized spacial score (nSPS) is 10.9. The summed E-state index contributed by atoms with van der Waals surface area (Å²) in [7, 11) is 3.21. The zero-order chi connectivity index (χ0) is 19.7. The van der Waals surface area contributed by atoms with Gasteiger partial charge in [-0.1, -0.05) is 12.1 Å². The maximum absolute atomic E-state index is 14.4. The monoisotopic (exact) mass is 378 g/mol. The fraction of sp³-hybridized carbons (Fsp3) is 0.0952. The van der Waals surface area contributed by atoms with Crippen molar-refractivity contribution in [1.29, 1.82) is 0 Å². The molecule has 0 saturated heterocycles. The van der Waals surface area contributed by atoms with Crippen LogP contribution in [0.1, 0.15) is 0 Å². The number of methoxy groups -OCH3 is 1. The average molecular weight is 378 g/mol. The largest absolute Gasteiger partial charge is 0.496 e. The first-order valence-corrected chi connectivity index (χ1v) is 8.54. The first kappa shape index (κ1) is 17.8. The van der Waals surface area contributed by atoms with E-state index in [-0.39, 0.29) is 5.56 Å². The zero-order valence-electron chi connectivity index (χ0n) is 15.2. The van der Waals surface area contributed by atoms with Gasteiger partial charge in [0.15, 0.2) is 17.5 Å². The van der Waals surface area contributed by atoms with Gasteiger partial charge in [0.2, 0.25) is 0 Å². The molecule has 0 spiro atoms. The van der Waals surface area contributed by atoms with Crippen molar-refractivity contribution < 1.29 is 13.5 Å². The molecule has 7 heteroatoms. The van der Waals surface area contributed by atoms with E-state index in [0.717, 1.165) is 11.6 Å². The van der Waals surface area contributed by atoms with Gasteiger partial charge in [-0.25, -0.2) is 18.7 Å². The van der Waals surface area contributed by atoms with E-state index in [1.54, 1.807) is 37.6 Å². The molecule has 0 radical (unpaired) electrons. The predicted octanol–water partition coefficient (Wildman–Crippen LogP) is 4.69. The third kappa shape index (κ3) is 3.00. The van der Waals surface area contributed by atoms with Crippen molar-refractivity contribution in [3.05, 3.63) is 66.5 Å². The fourth-order valence-corrected chi connectivity index (χ4v) is 3.06. The van der Waals surface area contributed by atoms with Gasteiger partial charge in [0.1, 0.15) is 11.6 Å². The van der Waals surface area contributed by atoms with E-state index >= 15 is 0 Å². The lowest BCUT2D eigenvalue weighted by Crippen LogP contribution is -2.01. The van der Waals surface area contributed by atoms with Gasteiger partial charge in [-0.15, -0.1) is 0 Å². The number of hydrogen-bond acceptors (Lipinski definition) is 5. The Labute approximate surface area is 160 Å². The molecule has 4 aromatic rings. The third-order valence-corrected chi connectivity index (χ3v) is 4.42. The summed E-state index contributed by atoms with van der Waals surface area (Å²) in [6.45, 7) is 0. The van der Waals surface area contributed by atoms with Crippen LogP contribution in [-0.2, 0) is 0 Å². The van der Waals surface area contributed by atoms with E-state index in [1.165, 1.54) is 19.2 Å². The number of pyridine rings is 1. The van der Waals surface area contributed by atoms with Gasteiger partial charge in [-0.2, -0.15) is 0 Å². The van der Waals surface area contributed by atoms with Crippen LogP contribution in [0.3, 0.4) is 0 Å². The molecular formula is C21H16F2N4O. The zero-order valence-corrected chi connectivity index (χ0v) is 15.2. The lowest BCUT2D eigenvalue weighted by Gasteiger charge is -2.14. The van der Waals surface area contributed by atoms with Crippen LogP contribution in [0.25, 0.3) is 33.4 Å². The number of nitrogens with one attached hydrogen (secondary N) is 1. The van der Waals surface area contributed by atoms with Crippen LogP contribution in [0.5, 0.6) is 5.75 Å². The molecule has 0 fully saturated rings. The van der Waals surface area contributed by atoms with Crippen molar-refractivity contribution in [2.75, 3.05) is 19.5 Å². The summed E-state index contributed by atoms with van der Waals surface area (Å²) < 4.78 is 33.6. The summed E-state index contributed by atoms with van der Waals surface area (Å²) in [6, 6.07) is 11.1. The standard InChI is InChI=1S/C21H16F2N4O/c1-24-21-15-9-14(13-6-3-7-16(22)19(13)23)18(28-2)10-17(15)26-20(27-21)12-5-4-8-25-11-12/h3-11H,1-2H3,(H,24,26,27). The highest BCUT2D eigenvalue weighted by Gasteiger charge is 2.18. The minimum Gasteiger partial charge on any atom is -0.496 e. The number of fused-ring (bicyclic) bond motifs is 1. The summed E-state index contributed by atoms with van der Waals surface area (Å²) in [4.78, 5) is 13.2. The molecule has 0 saturated carbocycles. The van der Waals surface area contributed by atoms with Gasteiger partial charge >= 0.3 is 0 Å². The summed E-state index contributed by atoms with van der Waals surface area (Å²) in [5.74, 6) is -0.410. The Kier molecular flexibility index (Phi) is 4.57. The highest BCUT2D eigenvalue weighted by Crippen LogP contribution is 2.37. The highest BCUT2D eigenvalue weighted by atomic mass is 19.2. The van der Waals surface area contributed by atoms with Gasteiger partial charge in [0, 0.05) is 47.6 Å². The molecule has 2 aromatic heterocycles. The Morgan fingerprint density at radius 3 is 2.57 bits per heavy atom. The molecule has 0 aliphatic carbocycles. The van der Waals surface area contributed by atoms with Crippen molar-refractivity contribution in [3.63, 3.8) is 0 Å². The Balaban J connectivity index is 1.99. The van der Waals surface area contributed by atoms with Gasteiger partial charge in [-0.3, -0.25) is 4.98 Å². The number of aromatic nitrogens is 3. The lowest BCUT2D eigenvalue weighted by molar-refractivity contribution is 0.416. The number of halogens is 2. The van der Waals surface area contributed by atoms with Crippen LogP contribution < -0.4 is 10.1 Å². The van der Waals surface area contributed by atoms with E-state index in [0.29, 0.717) is 33.9 Å². The van der Waals surface area contributed by atoms with Crippen LogP contribution in [0.4, 0.5) is 14.6 Å². The van der Waals surface area contributed by atoms with Crippen molar-refractivity contribution in [2.24, 2.45) is 0 Å². The van der Waals surface area contributed by atoms with E-state index in [9.17, 15) is 8.78 Å². The van der Waals surface area contributed by atoms with Crippen molar-refractivity contribution in [1.82, 2.24) is 15.0 Å². The molecule has 0 atom stereocenters. The van der Waals surface area contributed by atoms with Crippen molar-refractivity contribution >= 4 is 16.7 Å². The predicted molar refractivity (Wildman–Crippen MR) is 104 cm³/mol. The second-order valence-corrected chi connectivity index (χ2v) is 6.06. The van der Waals surface area contributed by atoms with Gasteiger partial charge in [0.25, 0.3) is 0 Å². The number of rotatable bonds is 4. The van der Waals surface area contributed by atoms with Crippen LogP contribution in [0.2, 0.25) is 0 Å². The first-order chi connectivity index (χ1) is 13.6. The Hall–Kier alpha value is -3.61. The molecule has 4 rings (SSSR count). The molecule has 0 bridgehead atoms. The van der Waals surface area contributed by atoms with Gasteiger partial charge in [0.05, 0.1) is 12.6 Å². The van der Waals surface area contributed by atoms with Crippen molar-refractivity contribution in [2.45, 2.75) is 0 Å². The van der Waals surface area contributed by atoms with E-state index < -0.39 is 11.6 Å². The molecule has 2 aromatic carbocycles. The maximum atomic E-state index is 14.4. The Morgan fingerprint density at radius 1 is 1.00 bits per heavy atom. The quantitative estimate of drug-likeness (QED) is 0.558. The summed E-state index contributed by atoms with van der Waals surface area (Å²) in [5, 5.41) is 3.70. The topological polar surface area (TPSA) is 59.9 Å². The van der Waals surface area contributed by atoms with Crippen LogP contribution >= 0.6 is 0 Å². The van der Waals surface area contributed by atoms with E-state index in [2.05, 4.69) is 20.3 Å². The molecule has 0 aliphatic rings. The molecule has 0 amide bonds. The molecular weight excluding hydrogens is 362 g/mol. The summed E-state index contributed by atoms with van der Waals surface area (Å²) in [5.41, 5.74) is 1.90. The van der Waals surface area contributed by atoms with E-state index in [1.807, 2.05) is 6.07 Å². The van der Waals surface area contributed by atoms with Gasteiger partial charge in [-0.05, 0) is 24.3 Å². The fourth-order valence-electron chi connectivity index (χ4n) is 3.06. The summed E-state index contributed by atoms with van der Waals surface area (Å²) >= 11 is 0. The number of ether oxygens (including phenoxy) is 1. The summed E-state index contributed by atoms with van der Waals surface area (Å²) in [6.07, 6.45) is 3.35. The first-order valence-electron chi connectivity index (χ1n) is 8.54. The second kappa shape index (κ2) is 7.19. The highest BCUT2D eigenvalue weighted by molar-refractivity contribution is 5.96. The number of hydrogen-bond donors (Lipinski definition) is 1. The minimum atomic E-state index is -0.931. The van der Waals surface area contributed by atoms with Crippen LogP contribution in [0.15, 0.2) is 54.9 Å². The third-order valence-electron chi connectivity index (χ3n) is 4.42. The Bertz CT molecular complexity index is 1170. The number of benzene rings is 2. The Morgan fingerprint density at radius 2 is 1.86 bits per heavy atom. The molecule has 0 aliphatic heterocycles. The molecule has 28 heavy (non-hydrogen) atoms. The molecule has 2 heterocycles. The molecule has 5 nitrogen and oxygen atoms in total. The minimum absolute atomic E-state index is 0.108. The molecule has 0 unspecified atom stereocenters. The van der Waals surface area contributed by atoms with Crippen LogP contribution in [0, 0.1) is 11.6 Å². The SMILES string of the molecule is CNc1nc(-c2cccnc2)nc2cc(OC)c(-c3cccc(F)c3F)cc12. The number of anilines is 1. The van der Waals surface area contributed by atoms with Crippen LogP contribution in [-0.4, -0.2) is 29.1 Å². The maximum Gasteiger partial charge on any atom is 0.166 e. The molecule has 140 valence electrons. The molecule has 1 N–H and O–H groups in total. The number of nitrogens with zero attached hydrogens (tertiary/aromatic N) is 3. The second-order valence-electron chi connectivity index (χ2n) is 6.06. The lowest BCUT2D eigenvalue weighted by atomic mass is 10.0.